The number of nitrogens with one attached hydrogen (secondary N) is 1. The maximum atomic E-state index is 12.5. The molecule has 2 aromatic rings. The predicted octanol–water partition coefficient (Wildman–Crippen LogP) is 4.03. The minimum atomic E-state index is -0.489. The van der Waals surface area contributed by atoms with Crippen molar-refractivity contribution in [3.63, 3.8) is 0 Å². The van der Waals surface area contributed by atoms with Crippen molar-refractivity contribution in [2.45, 2.75) is 32.6 Å². The molecule has 7 heteroatoms. The van der Waals surface area contributed by atoms with E-state index in [0.29, 0.717) is 28.0 Å². The van der Waals surface area contributed by atoms with E-state index < -0.39 is 5.91 Å². The molecule has 0 bridgehead atoms. The Bertz CT molecular complexity index is 949. The van der Waals surface area contributed by atoms with Crippen molar-refractivity contribution in [2.24, 2.45) is 11.7 Å². The number of rotatable bonds is 7. The highest BCUT2D eigenvalue weighted by molar-refractivity contribution is 7.17. The van der Waals surface area contributed by atoms with Gasteiger partial charge in [-0.15, -0.1) is 11.3 Å². The molecule has 2 amide bonds. The third-order valence-corrected chi connectivity index (χ3v) is 6.43. The van der Waals surface area contributed by atoms with Crippen molar-refractivity contribution >= 4 is 34.2 Å². The van der Waals surface area contributed by atoms with Crippen LogP contribution in [-0.2, 0) is 17.6 Å². The molecule has 0 spiro atoms. The Morgan fingerprint density at radius 2 is 2.03 bits per heavy atom. The number of primary amides is 1. The van der Waals surface area contributed by atoms with Crippen LogP contribution in [-0.4, -0.2) is 26.0 Å². The molecule has 1 unspecified atom stereocenters. The van der Waals surface area contributed by atoms with E-state index in [1.165, 1.54) is 17.4 Å². The van der Waals surface area contributed by atoms with E-state index in [1.807, 2.05) is 6.07 Å². The third kappa shape index (κ3) is 4.62. The van der Waals surface area contributed by atoms with E-state index in [9.17, 15) is 9.59 Å². The lowest BCUT2D eigenvalue weighted by Gasteiger charge is -2.20. The molecule has 154 valence electrons. The molecule has 0 fully saturated rings. The topological polar surface area (TPSA) is 90.7 Å². The number of fused-ring (bicyclic) bond motifs is 1. The first-order valence-electron chi connectivity index (χ1n) is 9.62. The summed E-state index contributed by atoms with van der Waals surface area (Å²) in [7, 11) is 3.13. The molecule has 0 aliphatic heterocycles. The summed E-state index contributed by atoms with van der Waals surface area (Å²) in [5, 5.41) is 3.38. The van der Waals surface area contributed by atoms with Gasteiger partial charge in [-0.3, -0.25) is 9.59 Å². The molecule has 1 atom stereocenters. The van der Waals surface area contributed by atoms with Crippen LogP contribution in [0.15, 0.2) is 24.3 Å². The number of carbonyl (C=O) groups excluding carboxylic acids is 2. The van der Waals surface area contributed by atoms with Gasteiger partial charge in [-0.05, 0) is 54.5 Å². The largest absolute Gasteiger partial charge is 0.493 e. The van der Waals surface area contributed by atoms with Crippen molar-refractivity contribution in [3.05, 3.63) is 45.8 Å². The molecule has 3 rings (SSSR count). The van der Waals surface area contributed by atoms with Crippen LogP contribution in [0.1, 0.15) is 46.1 Å². The molecular formula is C22H26N2O4S. The van der Waals surface area contributed by atoms with Crippen LogP contribution < -0.4 is 20.5 Å². The smallest absolute Gasteiger partial charge is 0.251 e. The number of carbonyl (C=O) groups is 2. The van der Waals surface area contributed by atoms with Crippen LogP contribution in [0.2, 0.25) is 0 Å². The summed E-state index contributed by atoms with van der Waals surface area (Å²) in [6, 6.07) is 5.39. The minimum absolute atomic E-state index is 0.312. The minimum Gasteiger partial charge on any atom is -0.493 e. The number of hydrogen-bond acceptors (Lipinski definition) is 5. The van der Waals surface area contributed by atoms with Crippen LogP contribution in [0, 0.1) is 5.92 Å². The van der Waals surface area contributed by atoms with Crippen molar-refractivity contribution in [3.8, 4) is 11.5 Å². The lowest BCUT2D eigenvalue weighted by Crippen LogP contribution is -2.19. The van der Waals surface area contributed by atoms with Gasteiger partial charge in [-0.25, -0.2) is 0 Å². The summed E-state index contributed by atoms with van der Waals surface area (Å²) in [6.07, 6.45) is 7.04. The van der Waals surface area contributed by atoms with Gasteiger partial charge in [0.15, 0.2) is 11.5 Å². The van der Waals surface area contributed by atoms with Gasteiger partial charge in [0.2, 0.25) is 5.91 Å². The number of hydrogen-bond donors (Lipinski definition) is 2. The number of methoxy groups -OCH3 is 2. The van der Waals surface area contributed by atoms with Crippen molar-refractivity contribution in [1.29, 1.82) is 0 Å². The van der Waals surface area contributed by atoms with Gasteiger partial charge in [-0.1, -0.05) is 19.4 Å². The van der Waals surface area contributed by atoms with Gasteiger partial charge in [-0.2, -0.15) is 0 Å². The quantitative estimate of drug-likeness (QED) is 0.669. The van der Waals surface area contributed by atoms with Gasteiger partial charge in [0.25, 0.3) is 5.91 Å². The standard InChI is InChI=1S/C22H26N2O4S/c1-4-13-5-8-15-18(12-13)29-22(20(15)21(23)26)24-19(25)10-7-14-6-9-16(27-2)17(11-14)28-3/h6-7,9-11,13H,4-5,8,12H2,1-3H3,(H2,23,26)(H,24,25). The number of benzene rings is 1. The molecule has 1 aromatic carbocycles. The fourth-order valence-electron chi connectivity index (χ4n) is 3.63. The Balaban J connectivity index is 1.78. The zero-order chi connectivity index (χ0) is 21.0. The summed E-state index contributed by atoms with van der Waals surface area (Å²) >= 11 is 1.47. The SMILES string of the molecule is CCC1CCc2c(sc(NC(=O)C=Cc3ccc(OC)c(OC)c3)c2C(N)=O)C1. The molecule has 1 aliphatic rings. The lowest BCUT2D eigenvalue weighted by molar-refractivity contribution is -0.111. The molecule has 0 saturated carbocycles. The number of anilines is 1. The molecule has 1 aromatic heterocycles. The fourth-order valence-corrected chi connectivity index (χ4v) is 5.00. The Morgan fingerprint density at radius 3 is 2.69 bits per heavy atom. The van der Waals surface area contributed by atoms with Crippen molar-refractivity contribution < 1.29 is 19.1 Å². The van der Waals surface area contributed by atoms with E-state index >= 15 is 0 Å². The highest BCUT2D eigenvalue weighted by Crippen LogP contribution is 2.40. The molecule has 6 nitrogen and oxygen atoms in total. The molecule has 0 radical (unpaired) electrons. The van der Waals surface area contributed by atoms with E-state index in [-0.39, 0.29) is 5.91 Å². The van der Waals surface area contributed by atoms with E-state index in [0.717, 1.165) is 41.7 Å². The Morgan fingerprint density at radius 1 is 1.28 bits per heavy atom. The van der Waals surface area contributed by atoms with Crippen molar-refractivity contribution in [1.82, 2.24) is 0 Å². The molecule has 29 heavy (non-hydrogen) atoms. The van der Waals surface area contributed by atoms with E-state index in [4.69, 9.17) is 15.2 Å². The molecular weight excluding hydrogens is 388 g/mol. The Kier molecular flexibility index (Phi) is 6.59. The summed E-state index contributed by atoms with van der Waals surface area (Å²) in [5.41, 5.74) is 7.89. The van der Waals surface area contributed by atoms with Gasteiger partial charge in [0.1, 0.15) is 5.00 Å². The van der Waals surface area contributed by atoms with Gasteiger partial charge in [0, 0.05) is 11.0 Å². The molecule has 0 saturated heterocycles. The fraction of sp³-hybridized carbons (Fsp3) is 0.364. The highest BCUT2D eigenvalue weighted by Gasteiger charge is 2.27. The predicted molar refractivity (Wildman–Crippen MR) is 116 cm³/mol. The molecule has 3 N–H and O–H groups in total. The summed E-state index contributed by atoms with van der Waals surface area (Å²) in [4.78, 5) is 25.7. The summed E-state index contributed by atoms with van der Waals surface area (Å²) in [6.45, 7) is 2.18. The van der Waals surface area contributed by atoms with Crippen LogP contribution in [0.3, 0.4) is 0 Å². The third-order valence-electron chi connectivity index (χ3n) is 5.26. The zero-order valence-corrected chi connectivity index (χ0v) is 17.7. The summed E-state index contributed by atoms with van der Waals surface area (Å²) in [5.74, 6) is 1.03. The second-order valence-electron chi connectivity index (χ2n) is 7.03. The average Bonchev–Trinajstić information content (AvgIpc) is 3.08. The normalized spacial score (nSPS) is 15.8. The maximum Gasteiger partial charge on any atom is 0.251 e. The molecule has 1 heterocycles. The first-order chi connectivity index (χ1) is 14.0. The van der Waals surface area contributed by atoms with Crippen molar-refractivity contribution in [2.75, 3.05) is 19.5 Å². The lowest BCUT2D eigenvalue weighted by atomic mass is 9.85. The number of amides is 2. The second kappa shape index (κ2) is 9.13. The number of thiophene rings is 1. The Labute approximate surface area is 174 Å². The van der Waals surface area contributed by atoms with E-state index in [2.05, 4.69) is 12.2 Å². The number of ether oxygens (including phenoxy) is 2. The average molecular weight is 415 g/mol. The first-order valence-corrected chi connectivity index (χ1v) is 10.4. The van der Waals surface area contributed by atoms with Crippen LogP contribution in [0.5, 0.6) is 11.5 Å². The van der Waals surface area contributed by atoms with E-state index in [1.54, 1.807) is 32.4 Å². The van der Waals surface area contributed by atoms with Gasteiger partial charge >= 0.3 is 0 Å². The maximum absolute atomic E-state index is 12.5. The van der Waals surface area contributed by atoms with Crippen LogP contribution >= 0.6 is 11.3 Å². The first kappa shape index (κ1) is 20.9. The monoisotopic (exact) mass is 414 g/mol. The van der Waals surface area contributed by atoms with Crippen LogP contribution in [0.4, 0.5) is 5.00 Å². The number of nitrogens with two attached hydrogens (primary N) is 1. The highest BCUT2D eigenvalue weighted by atomic mass is 32.1. The zero-order valence-electron chi connectivity index (χ0n) is 16.9. The molecule has 1 aliphatic carbocycles. The Hall–Kier alpha value is -2.80. The van der Waals surface area contributed by atoms with Gasteiger partial charge < -0.3 is 20.5 Å². The van der Waals surface area contributed by atoms with Gasteiger partial charge in [0.05, 0.1) is 19.8 Å². The second-order valence-corrected chi connectivity index (χ2v) is 8.13. The van der Waals surface area contributed by atoms with Crippen LogP contribution in [0.25, 0.3) is 6.08 Å². The summed E-state index contributed by atoms with van der Waals surface area (Å²) < 4.78 is 10.5.